The minimum Gasteiger partial charge on any atom is -0.496 e. The lowest BCUT2D eigenvalue weighted by Crippen LogP contribution is -2.38. The van der Waals surface area contributed by atoms with E-state index in [1.807, 2.05) is 38.1 Å². The molecule has 0 aliphatic heterocycles. The minimum absolute atomic E-state index is 0.0318. The van der Waals surface area contributed by atoms with Gasteiger partial charge in [0.1, 0.15) is 16.9 Å². The Bertz CT molecular complexity index is 1200. The Kier molecular flexibility index (Phi) is 9.68. The molecular formula is C29H37N3O4. The number of benzene rings is 1. The molecule has 1 aromatic carbocycles. The molecule has 0 saturated heterocycles. The summed E-state index contributed by atoms with van der Waals surface area (Å²) in [5.74, 6) is -0.197. The predicted molar refractivity (Wildman–Crippen MR) is 143 cm³/mol. The molecule has 192 valence electrons. The highest BCUT2D eigenvalue weighted by Gasteiger charge is 2.23. The number of carbonyl (C=O) groups excluding carboxylic acids is 2. The Hall–Kier alpha value is -3.61. The van der Waals surface area contributed by atoms with E-state index in [1.54, 1.807) is 16.6 Å². The Morgan fingerprint density at radius 2 is 1.92 bits per heavy atom. The van der Waals surface area contributed by atoms with Crippen molar-refractivity contribution in [2.45, 2.75) is 52.5 Å². The molecule has 1 heterocycles. The lowest BCUT2D eigenvalue weighted by molar-refractivity contribution is 0.0776. The first-order valence-corrected chi connectivity index (χ1v) is 12.6. The van der Waals surface area contributed by atoms with Crippen molar-refractivity contribution >= 4 is 11.8 Å². The van der Waals surface area contributed by atoms with Gasteiger partial charge in [-0.25, -0.2) is 0 Å². The third-order valence-corrected chi connectivity index (χ3v) is 6.35. The summed E-state index contributed by atoms with van der Waals surface area (Å²) in [7, 11) is 1.59. The van der Waals surface area contributed by atoms with Crippen molar-refractivity contribution in [3.05, 3.63) is 87.4 Å². The van der Waals surface area contributed by atoms with Crippen LogP contribution in [-0.2, 0) is 6.54 Å². The van der Waals surface area contributed by atoms with E-state index in [-0.39, 0.29) is 11.1 Å². The lowest BCUT2D eigenvalue weighted by Gasteiger charge is -2.22. The number of hydrogen-bond donors (Lipinski definition) is 1. The average Bonchev–Trinajstić information content (AvgIpc) is 2.88. The molecule has 3 rings (SSSR count). The average molecular weight is 492 g/mol. The molecule has 1 aliphatic carbocycles. The van der Waals surface area contributed by atoms with Gasteiger partial charge in [0.15, 0.2) is 0 Å². The van der Waals surface area contributed by atoms with Crippen molar-refractivity contribution in [2.24, 2.45) is 0 Å². The molecule has 1 aliphatic rings. The standard InChI is InChI=1S/C29H37N3O4/c1-5-32(17-21(2)3)29(35)25-20-31(18-23-13-9-10-14-26(23)36-4)19-24(27(25)33)28(34)30-16-15-22-11-7-6-8-12-22/h9-11,13-14,19-20H,2,5-8,12,15-18H2,1,3-4H3,(H,30,34). The molecule has 7 heteroatoms. The molecule has 1 aromatic heterocycles. The number of hydrogen-bond acceptors (Lipinski definition) is 4. The molecule has 7 nitrogen and oxygen atoms in total. The summed E-state index contributed by atoms with van der Waals surface area (Å²) in [5, 5.41) is 2.89. The number of likely N-dealkylation sites (N-methyl/N-ethyl adjacent to an activating group) is 1. The number of allylic oxidation sites excluding steroid dienone is 1. The largest absolute Gasteiger partial charge is 0.496 e. The molecule has 0 bridgehead atoms. The Morgan fingerprint density at radius 1 is 1.17 bits per heavy atom. The van der Waals surface area contributed by atoms with E-state index < -0.39 is 17.2 Å². The maximum Gasteiger partial charge on any atom is 0.259 e. The van der Waals surface area contributed by atoms with Crippen molar-refractivity contribution in [3.8, 4) is 5.75 Å². The SMILES string of the molecule is C=C(C)CN(CC)C(=O)c1cn(Cc2ccccc2OC)cc(C(=O)NCCC2=CCCCC2)c1=O. The van der Waals surface area contributed by atoms with Gasteiger partial charge < -0.3 is 19.5 Å². The molecule has 2 aromatic rings. The smallest absolute Gasteiger partial charge is 0.259 e. The van der Waals surface area contributed by atoms with E-state index in [4.69, 9.17) is 4.74 Å². The van der Waals surface area contributed by atoms with Gasteiger partial charge in [0.25, 0.3) is 11.8 Å². The van der Waals surface area contributed by atoms with Crippen LogP contribution in [-0.4, -0.2) is 48.0 Å². The van der Waals surface area contributed by atoms with E-state index in [0.717, 1.165) is 30.4 Å². The van der Waals surface area contributed by atoms with E-state index in [0.29, 0.717) is 31.9 Å². The van der Waals surface area contributed by atoms with Gasteiger partial charge in [-0.3, -0.25) is 14.4 Å². The summed E-state index contributed by atoms with van der Waals surface area (Å²) in [6.45, 7) is 9.13. The third kappa shape index (κ3) is 6.97. The predicted octanol–water partition coefficient (Wildman–Crippen LogP) is 4.56. The van der Waals surface area contributed by atoms with Crippen LogP contribution in [0.4, 0.5) is 0 Å². The Balaban J connectivity index is 1.93. The fraction of sp³-hybridized carbons (Fsp3) is 0.414. The fourth-order valence-electron chi connectivity index (χ4n) is 4.45. The van der Waals surface area contributed by atoms with Crippen molar-refractivity contribution in [1.29, 1.82) is 0 Å². The van der Waals surface area contributed by atoms with Crippen LogP contribution in [0.2, 0.25) is 0 Å². The molecule has 1 N–H and O–H groups in total. The first-order valence-electron chi connectivity index (χ1n) is 12.6. The summed E-state index contributed by atoms with van der Waals surface area (Å²) >= 11 is 0. The van der Waals surface area contributed by atoms with Gasteiger partial charge in [0.2, 0.25) is 5.43 Å². The maximum atomic E-state index is 13.4. The van der Waals surface area contributed by atoms with E-state index in [2.05, 4.69) is 18.0 Å². The highest BCUT2D eigenvalue weighted by atomic mass is 16.5. The van der Waals surface area contributed by atoms with E-state index >= 15 is 0 Å². The number of aromatic nitrogens is 1. The van der Waals surface area contributed by atoms with Gasteiger partial charge >= 0.3 is 0 Å². The number of nitrogens with zero attached hydrogens (tertiary/aromatic N) is 2. The number of rotatable bonds is 11. The van der Waals surface area contributed by atoms with E-state index in [9.17, 15) is 14.4 Å². The topological polar surface area (TPSA) is 80.6 Å². The van der Waals surface area contributed by atoms with Crippen LogP contribution in [0.1, 0.15) is 72.2 Å². The van der Waals surface area contributed by atoms with Gasteiger partial charge in [0, 0.05) is 37.6 Å². The quantitative estimate of drug-likeness (QED) is 0.467. The van der Waals surface area contributed by atoms with Gasteiger partial charge in [-0.2, -0.15) is 0 Å². The van der Waals surface area contributed by atoms with Crippen LogP contribution in [0, 0.1) is 0 Å². The number of para-hydroxylation sites is 1. The second-order valence-corrected chi connectivity index (χ2v) is 9.29. The zero-order chi connectivity index (χ0) is 26.1. The summed E-state index contributed by atoms with van der Waals surface area (Å²) in [5.41, 5.74) is 2.39. The summed E-state index contributed by atoms with van der Waals surface area (Å²) in [6.07, 6.45) is 10.6. The number of carbonyl (C=O) groups is 2. The second-order valence-electron chi connectivity index (χ2n) is 9.29. The normalized spacial score (nSPS) is 13.0. The third-order valence-electron chi connectivity index (χ3n) is 6.35. The fourth-order valence-corrected chi connectivity index (χ4v) is 4.45. The Labute approximate surface area is 213 Å². The van der Waals surface area contributed by atoms with Crippen molar-refractivity contribution < 1.29 is 14.3 Å². The van der Waals surface area contributed by atoms with E-state index in [1.165, 1.54) is 30.8 Å². The number of ether oxygens (including phenoxy) is 1. The minimum atomic E-state index is -0.564. The molecule has 0 saturated carbocycles. The van der Waals surface area contributed by atoms with Crippen LogP contribution in [0.3, 0.4) is 0 Å². The second kappa shape index (κ2) is 12.9. The number of amides is 2. The zero-order valence-electron chi connectivity index (χ0n) is 21.6. The molecule has 36 heavy (non-hydrogen) atoms. The highest BCUT2D eigenvalue weighted by Crippen LogP contribution is 2.20. The van der Waals surface area contributed by atoms with Gasteiger partial charge in [-0.1, -0.05) is 42.0 Å². The first kappa shape index (κ1) is 27.0. The van der Waals surface area contributed by atoms with Crippen molar-refractivity contribution in [2.75, 3.05) is 26.7 Å². The summed E-state index contributed by atoms with van der Waals surface area (Å²) in [4.78, 5) is 41.4. The lowest BCUT2D eigenvalue weighted by atomic mass is 9.97. The van der Waals surface area contributed by atoms with Crippen LogP contribution < -0.4 is 15.5 Å². The van der Waals surface area contributed by atoms with Crippen LogP contribution in [0.15, 0.2) is 65.3 Å². The van der Waals surface area contributed by atoms with Crippen molar-refractivity contribution in [1.82, 2.24) is 14.8 Å². The van der Waals surface area contributed by atoms with Crippen LogP contribution in [0.25, 0.3) is 0 Å². The molecule has 0 atom stereocenters. The molecule has 0 fully saturated rings. The zero-order valence-corrected chi connectivity index (χ0v) is 21.6. The number of methoxy groups -OCH3 is 1. The molecule has 0 unspecified atom stereocenters. The Morgan fingerprint density at radius 3 is 2.58 bits per heavy atom. The highest BCUT2D eigenvalue weighted by molar-refractivity contribution is 5.99. The van der Waals surface area contributed by atoms with Gasteiger partial charge in [-0.15, -0.1) is 0 Å². The van der Waals surface area contributed by atoms with Crippen molar-refractivity contribution in [3.63, 3.8) is 0 Å². The number of pyridine rings is 1. The van der Waals surface area contributed by atoms with Gasteiger partial charge in [0.05, 0.1) is 13.7 Å². The monoisotopic (exact) mass is 491 g/mol. The molecule has 0 spiro atoms. The van der Waals surface area contributed by atoms with Crippen LogP contribution in [0.5, 0.6) is 5.75 Å². The first-order chi connectivity index (χ1) is 17.3. The molecule has 0 radical (unpaired) electrons. The summed E-state index contributed by atoms with van der Waals surface area (Å²) in [6, 6.07) is 7.53. The molecule has 2 amide bonds. The number of nitrogens with one attached hydrogen (secondary N) is 1. The van der Waals surface area contributed by atoms with Crippen LogP contribution >= 0.6 is 0 Å². The summed E-state index contributed by atoms with van der Waals surface area (Å²) < 4.78 is 7.17. The molecular weight excluding hydrogens is 454 g/mol. The maximum absolute atomic E-state index is 13.4. The van der Waals surface area contributed by atoms with Gasteiger partial charge in [-0.05, 0) is 52.0 Å².